The van der Waals surface area contributed by atoms with Crippen molar-refractivity contribution in [3.05, 3.63) is 34.1 Å². The topological polar surface area (TPSA) is 84.5 Å². The third-order valence-electron chi connectivity index (χ3n) is 4.34. The first-order chi connectivity index (χ1) is 11.2. The Hall–Kier alpha value is -1.03. The lowest BCUT2D eigenvalue weighted by Gasteiger charge is -2.26. The molecule has 1 aromatic rings. The average Bonchev–Trinajstić information content (AvgIpc) is 2.93. The largest absolute Gasteiger partial charge is 0.469 e. The molecule has 1 aromatic carbocycles. The normalized spacial score (nSPS) is 24.1. The van der Waals surface area contributed by atoms with Crippen LogP contribution in [0.3, 0.4) is 0 Å². The van der Waals surface area contributed by atoms with E-state index in [0.29, 0.717) is 30.2 Å². The van der Waals surface area contributed by atoms with E-state index in [4.69, 9.17) is 4.74 Å². The van der Waals surface area contributed by atoms with Gasteiger partial charge in [0.2, 0.25) is 0 Å². The molecule has 24 heavy (non-hydrogen) atoms. The summed E-state index contributed by atoms with van der Waals surface area (Å²) >= 11 is 3.14. The molecule has 2 N–H and O–H groups in total. The molecule has 0 amide bonds. The highest BCUT2D eigenvalue weighted by atomic mass is 79.9. The van der Waals surface area contributed by atoms with E-state index in [-0.39, 0.29) is 17.8 Å². The molecule has 0 aromatic heterocycles. The van der Waals surface area contributed by atoms with Crippen LogP contribution in [0, 0.1) is 11.2 Å². The molecule has 0 unspecified atom stereocenters. The number of halogens is 2. The van der Waals surface area contributed by atoms with E-state index in [0.717, 1.165) is 5.56 Å². The van der Waals surface area contributed by atoms with Crippen LogP contribution in [-0.2, 0) is 26.2 Å². The molecule has 0 spiro atoms. The van der Waals surface area contributed by atoms with Crippen molar-refractivity contribution in [3.8, 4) is 0 Å². The van der Waals surface area contributed by atoms with Crippen molar-refractivity contribution < 1.29 is 22.3 Å². The fourth-order valence-electron chi connectivity index (χ4n) is 3.18. The SMILES string of the molecule is CNS(=O)(=O)N[C@H]1CC[C@](Cc2ccc(F)c(Br)c2)(C(=O)OC)C1. The van der Waals surface area contributed by atoms with E-state index in [1.54, 1.807) is 12.1 Å². The molecule has 0 bridgehead atoms. The highest BCUT2D eigenvalue weighted by molar-refractivity contribution is 9.10. The van der Waals surface area contributed by atoms with Gasteiger partial charge in [0.1, 0.15) is 5.82 Å². The lowest BCUT2D eigenvalue weighted by Crippen LogP contribution is -2.41. The van der Waals surface area contributed by atoms with E-state index in [2.05, 4.69) is 25.4 Å². The van der Waals surface area contributed by atoms with Crippen molar-refractivity contribution in [1.82, 2.24) is 9.44 Å². The molecule has 9 heteroatoms. The highest BCUT2D eigenvalue weighted by Gasteiger charge is 2.47. The van der Waals surface area contributed by atoms with Crippen LogP contribution in [0.1, 0.15) is 24.8 Å². The smallest absolute Gasteiger partial charge is 0.312 e. The number of rotatable bonds is 6. The molecule has 1 fully saturated rings. The van der Waals surface area contributed by atoms with E-state index < -0.39 is 15.6 Å². The van der Waals surface area contributed by atoms with E-state index in [9.17, 15) is 17.6 Å². The van der Waals surface area contributed by atoms with Gasteiger partial charge >= 0.3 is 5.97 Å². The lowest BCUT2D eigenvalue weighted by atomic mass is 9.80. The van der Waals surface area contributed by atoms with Crippen LogP contribution in [-0.4, -0.2) is 34.6 Å². The minimum absolute atomic E-state index is 0.324. The summed E-state index contributed by atoms with van der Waals surface area (Å²) in [6, 6.07) is 4.23. The maximum Gasteiger partial charge on any atom is 0.312 e. The second-order valence-corrected chi connectivity index (χ2v) is 8.47. The molecule has 0 saturated heterocycles. The molecule has 134 valence electrons. The molecule has 1 aliphatic carbocycles. The van der Waals surface area contributed by atoms with Crippen molar-refractivity contribution in [3.63, 3.8) is 0 Å². The Morgan fingerprint density at radius 2 is 2.21 bits per heavy atom. The molecule has 0 aliphatic heterocycles. The molecule has 0 heterocycles. The van der Waals surface area contributed by atoms with Gasteiger partial charge in [0, 0.05) is 13.1 Å². The van der Waals surface area contributed by atoms with Crippen molar-refractivity contribution in [2.45, 2.75) is 31.7 Å². The van der Waals surface area contributed by atoms with Crippen molar-refractivity contribution >= 4 is 32.1 Å². The van der Waals surface area contributed by atoms with Crippen LogP contribution in [0.2, 0.25) is 0 Å². The Morgan fingerprint density at radius 1 is 1.50 bits per heavy atom. The average molecular weight is 423 g/mol. The van der Waals surface area contributed by atoms with Gasteiger partial charge in [-0.05, 0) is 59.3 Å². The molecule has 2 atom stereocenters. The summed E-state index contributed by atoms with van der Waals surface area (Å²) < 4.78 is 46.7. The standard InChI is InChI=1S/C15H20BrFN2O4S/c1-18-24(21,22)19-11-5-6-15(9-11,14(20)23-2)8-10-3-4-13(17)12(16)7-10/h3-4,7,11,18-19H,5-6,8-9H2,1-2H3/t11-,15+/m0/s1. The van der Waals surface area contributed by atoms with E-state index in [1.165, 1.54) is 20.2 Å². The Bertz CT molecular complexity index is 728. The van der Waals surface area contributed by atoms with Crippen LogP contribution in [0.15, 0.2) is 22.7 Å². The maximum atomic E-state index is 13.4. The first-order valence-corrected chi connectivity index (χ1v) is 9.72. The van der Waals surface area contributed by atoms with Gasteiger partial charge in [-0.25, -0.2) is 9.11 Å². The first kappa shape index (κ1) is 19.3. The van der Waals surface area contributed by atoms with Gasteiger partial charge < -0.3 is 4.74 Å². The fraction of sp³-hybridized carbons (Fsp3) is 0.533. The molecule has 2 rings (SSSR count). The number of hydrogen-bond acceptors (Lipinski definition) is 4. The summed E-state index contributed by atoms with van der Waals surface area (Å²) in [6.45, 7) is 0. The van der Waals surface area contributed by atoms with Crippen LogP contribution >= 0.6 is 15.9 Å². The van der Waals surface area contributed by atoms with Crippen molar-refractivity contribution in [1.29, 1.82) is 0 Å². The quantitative estimate of drug-likeness (QED) is 0.685. The number of ether oxygens (including phenoxy) is 1. The number of carbonyl (C=O) groups excluding carboxylic acids is 1. The monoisotopic (exact) mass is 422 g/mol. The number of nitrogens with one attached hydrogen (secondary N) is 2. The van der Waals surface area contributed by atoms with Crippen LogP contribution < -0.4 is 9.44 Å². The number of hydrogen-bond donors (Lipinski definition) is 2. The molecule has 1 saturated carbocycles. The summed E-state index contributed by atoms with van der Waals surface area (Å²) in [4.78, 5) is 12.4. The maximum absolute atomic E-state index is 13.4. The first-order valence-electron chi connectivity index (χ1n) is 7.44. The second-order valence-electron chi connectivity index (χ2n) is 5.96. The van der Waals surface area contributed by atoms with Gasteiger partial charge in [0.05, 0.1) is 17.0 Å². The van der Waals surface area contributed by atoms with Crippen LogP contribution in [0.4, 0.5) is 4.39 Å². The lowest BCUT2D eigenvalue weighted by molar-refractivity contribution is -0.152. The highest BCUT2D eigenvalue weighted by Crippen LogP contribution is 2.42. The third kappa shape index (κ3) is 4.33. The minimum atomic E-state index is -3.58. The molecule has 6 nitrogen and oxygen atoms in total. The summed E-state index contributed by atoms with van der Waals surface area (Å²) in [6.07, 6.45) is 1.70. The Labute approximate surface area is 149 Å². The zero-order chi connectivity index (χ0) is 18.0. The van der Waals surface area contributed by atoms with Crippen LogP contribution in [0.5, 0.6) is 0 Å². The Kier molecular flexibility index (Phi) is 6.00. The number of carbonyl (C=O) groups is 1. The van der Waals surface area contributed by atoms with E-state index in [1.807, 2.05) is 0 Å². The van der Waals surface area contributed by atoms with Gasteiger partial charge in [-0.15, -0.1) is 0 Å². The minimum Gasteiger partial charge on any atom is -0.469 e. The van der Waals surface area contributed by atoms with Crippen molar-refractivity contribution in [2.75, 3.05) is 14.2 Å². The predicted octanol–water partition coefficient (Wildman–Crippen LogP) is 1.90. The number of methoxy groups -OCH3 is 1. The third-order valence-corrected chi connectivity index (χ3v) is 6.13. The van der Waals surface area contributed by atoms with Gasteiger partial charge in [-0.3, -0.25) is 4.79 Å². The summed E-state index contributed by atoms with van der Waals surface area (Å²) in [7, 11) is -0.944. The zero-order valence-electron chi connectivity index (χ0n) is 13.4. The summed E-state index contributed by atoms with van der Waals surface area (Å²) in [5, 5.41) is 0. The summed E-state index contributed by atoms with van der Waals surface area (Å²) in [5.41, 5.74) is -0.0433. The van der Waals surface area contributed by atoms with E-state index >= 15 is 0 Å². The van der Waals surface area contributed by atoms with Crippen LogP contribution in [0.25, 0.3) is 0 Å². The van der Waals surface area contributed by atoms with Gasteiger partial charge in [0.25, 0.3) is 10.2 Å². The van der Waals surface area contributed by atoms with Crippen molar-refractivity contribution in [2.24, 2.45) is 5.41 Å². The van der Waals surface area contributed by atoms with Gasteiger partial charge in [0.15, 0.2) is 0 Å². The zero-order valence-corrected chi connectivity index (χ0v) is 15.8. The Balaban J connectivity index is 2.22. The van der Waals surface area contributed by atoms with Gasteiger partial charge in [-0.2, -0.15) is 13.1 Å². The molecule has 1 aliphatic rings. The molecular weight excluding hydrogens is 403 g/mol. The summed E-state index contributed by atoms with van der Waals surface area (Å²) in [5.74, 6) is -0.758. The second kappa shape index (κ2) is 7.47. The number of esters is 1. The molecular formula is C15H20BrFN2O4S. The number of benzene rings is 1. The molecule has 0 radical (unpaired) electrons. The Morgan fingerprint density at radius 3 is 2.79 bits per heavy atom. The predicted molar refractivity (Wildman–Crippen MR) is 91.0 cm³/mol. The van der Waals surface area contributed by atoms with Gasteiger partial charge in [-0.1, -0.05) is 6.07 Å². The fourth-order valence-corrected chi connectivity index (χ4v) is 4.36.